The van der Waals surface area contributed by atoms with Crippen LogP contribution in [0, 0.1) is 0 Å². The van der Waals surface area contributed by atoms with Crippen molar-refractivity contribution in [2.24, 2.45) is 0 Å². The Kier molecular flexibility index (Phi) is 4.75. The van der Waals surface area contributed by atoms with Gasteiger partial charge in [-0.1, -0.05) is 30.3 Å². The van der Waals surface area contributed by atoms with Crippen molar-refractivity contribution in [2.75, 3.05) is 19.7 Å². The van der Waals surface area contributed by atoms with Gasteiger partial charge in [-0.25, -0.2) is 8.42 Å². The van der Waals surface area contributed by atoms with Crippen molar-refractivity contribution in [1.82, 2.24) is 4.31 Å². The van der Waals surface area contributed by atoms with Gasteiger partial charge in [0.05, 0.1) is 11.5 Å². The fourth-order valence-electron chi connectivity index (χ4n) is 2.34. The highest BCUT2D eigenvalue weighted by atomic mass is 32.2. The zero-order valence-corrected chi connectivity index (χ0v) is 12.1. The lowest BCUT2D eigenvalue weighted by Gasteiger charge is -2.24. The summed E-state index contributed by atoms with van der Waals surface area (Å²) in [5, 5.41) is 9.02. The predicted molar refractivity (Wildman–Crippen MR) is 80.5 cm³/mol. The Balaban J connectivity index is 2.35. The molecule has 0 spiro atoms. The quantitative estimate of drug-likeness (QED) is 0.813. The number of allylic oxidation sites excluding steroid dienone is 1. The van der Waals surface area contributed by atoms with E-state index in [0.29, 0.717) is 11.3 Å². The molecule has 2 rings (SSSR count). The number of aliphatic hydroxyl groups excluding tert-OH is 1. The Hall–Kier alpha value is -1.43. The van der Waals surface area contributed by atoms with E-state index in [1.807, 2.05) is 24.3 Å². The van der Waals surface area contributed by atoms with Crippen LogP contribution in [0.15, 0.2) is 41.8 Å². The number of sulfonamides is 1. The molecule has 5 heteroatoms. The van der Waals surface area contributed by atoms with Gasteiger partial charge in [0.1, 0.15) is 0 Å². The monoisotopic (exact) mass is 293 g/mol. The number of rotatable bonds is 6. The van der Waals surface area contributed by atoms with Gasteiger partial charge in [0.25, 0.3) is 0 Å². The molecule has 0 fully saturated rings. The zero-order valence-electron chi connectivity index (χ0n) is 11.3. The second-order valence-electron chi connectivity index (χ2n) is 4.68. The summed E-state index contributed by atoms with van der Waals surface area (Å²) in [5.41, 5.74) is 2.13. The molecule has 20 heavy (non-hydrogen) atoms. The van der Waals surface area contributed by atoms with Gasteiger partial charge in [0, 0.05) is 13.1 Å². The predicted octanol–water partition coefficient (Wildman–Crippen LogP) is 1.78. The Labute approximate surface area is 120 Å². The molecule has 0 amide bonds. The Morgan fingerprint density at radius 2 is 2.05 bits per heavy atom. The van der Waals surface area contributed by atoms with Crippen LogP contribution >= 0.6 is 0 Å². The first kappa shape index (κ1) is 15.0. The highest BCUT2D eigenvalue weighted by Crippen LogP contribution is 2.28. The van der Waals surface area contributed by atoms with Crippen LogP contribution in [0.4, 0.5) is 0 Å². The summed E-state index contributed by atoms with van der Waals surface area (Å²) < 4.78 is 26.4. The van der Waals surface area contributed by atoms with Crippen LogP contribution in [0.3, 0.4) is 0 Å². The summed E-state index contributed by atoms with van der Waals surface area (Å²) >= 11 is 0. The van der Waals surface area contributed by atoms with E-state index < -0.39 is 10.0 Å². The third kappa shape index (κ3) is 3.00. The van der Waals surface area contributed by atoms with Crippen molar-refractivity contribution < 1.29 is 13.5 Å². The summed E-state index contributed by atoms with van der Waals surface area (Å²) in [6.45, 7) is 3.67. The van der Waals surface area contributed by atoms with Crippen molar-refractivity contribution in [3.63, 3.8) is 0 Å². The lowest BCUT2D eigenvalue weighted by atomic mass is 9.98. The molecule has 1 aromatic rings. The van der Waals surface area contributed by atoms with E-state index in [4.69, 9.17) is 5.11 Å². The first-order valence-electron chi connectivity index (χ1n) is 6.60. The average molecular weight is 293 g/mol. The molecule has 0 saturated heterocycles. The fraction of sp³-hybridized carbons (Fsp3) is 0.333. The van der Waals surface area contributed by atoms with Gasteiger partial charge in [-0.2, -0.15) is 4.31 Å². The number of nitrogens with zero attached hydrogens (tertiary/aromatic N) is 1. The van der Waals surface area contributed by atoms with Crippen LogP contribution in [0.2, 0.25) is 0 Å². The van der Waals surface area contributed by atoms with Gasteiger partial charge in [-0.3, -0.25) is 0 Å². The van der Waals surface area contributed by atoms with Crippen LogP contribution in [0.1, 0.15) is 17.5 Å². The van der Waals surface area contributed by atoms with E-state index >= 15 is 0 Å². The summed E-state index contributed by atoms with van der Waals surface area (Å²) in [4.78, 5) is 0.409. The van der Waals surface area contributed by atoms with E-state index in [1.165, 1.54) is 15.9 Å². The molecule has 1 N–H and O–H groups in total. The summed E-state index contributed by atoms with van der Waals surface area (Å²) in [6.07, 6.45) is 4.49. The fourth-order valence-corrected chi connectivity index (χ4v) is 3.93. The van der Waals surface area contributed by atoms with Crippen LogP contribution in [-0.2, 0) is 16.4 Å². The molecule has 4 nitrogen and oxygen atoms in total. The maximum absolute atomic E-state index is 12.6. The number of hydrogen-bond donors (Lipinski definition) is 1. The topological polar surface area (TPSA) is 57.6 Å². The summed E-state index contributed by atoms with van der Waals surface area (Å²) in [6, 6.07) is 7.81. The smallest absolute Gasteiger partial charge is 0.239 e. The van der Waals surface area contributed by atoms with E-state index in [-0.39, 0.29) is 19.7 Å². The van der Waals surface area contributed by atoms with E-state index in [1.54, 1.807) is 6.08 Å². The van der Waals surface area contributed by atoms with Crippen molar-refractivity contribution in [1.29, 1.82) is 0 Å². The molecule has 0 heterocycles. The van der Waals surface area contributed by atoms with Crippen molar-refractivity contribution in [2.45, 2.75) is 12.8 Å². The number of fused-ring (bicyclic) bond motifs is 1. The minimum atomic E-state index is -3.53. The van der Waals surface area contributed by atoms with Crippen molar-refractivity contribution >= 4 is 16.1 Å². The third-order valence-electron chi connectivity index (χ3n) is 3.37. The lowest BCUT2D eigenvalue weighted by molar-refractivity contribution is 0.261. The normalized spacial score (nSPS) is 14.8. The van der Waals surface area contributed by atoms with E-state index in [2.05, 4.69) is 6.58 Å². The molecule has 1 aliphatic rings. The molecule has 0 aliphatic heterocycles. The number of aryl methyl sites for hydroxylation is 1. The molecule has 108 valence electrons. The first-order valence-corrected chi connectivity index (χ1v) is 8.04. The summed E-state index contributed by atoms with van der Waals surface area (Å²) in [7, 11) is -3.53. The van der Waals surface area contributed by atoms with Crippen LogP contribution < -0.4 is 0 Å². The molecule has 1 aliphatic carbocycles. The minimum absolute atomic E-state index is 0.0906. The Bertz CT molecular complexity index is 620. The van der Waals surface area contributed by atoms with Gasteiger partial charge < -0.3 is 5.11 Å². The molecule has 0 atom stereocenters. The maximum atomic E-state index is 12.6. The molecule has 0 bridgehead atoms. The van der Waals surface area contributed by atoms with Gasteiger partial charge >= 0.3 is 0 Å². The van der Waals surface area contributed by atoms with Crippen LogP contribution in [-0.4, -0.2) is 37.5 Å². The molecular formula is C15H19NO3S. The molecule has 1 aromatic carbocycles. The second kappa shape index (κ2) is 6.35. The first-order chi connectivity index (χ1) is 9.59. The van der Waals surface area contributed by atoms with E-state index in [0.717, 1.165) is 12.0 Å². The highest BCUT2D eigenvalue weighted by molar-refractivity contribution is 7.93. The van der Waals surface area contributed by atoms with Gasteiger partial charge in [-0.15, -0.1) is 6.58 Å². The van der Waals surface area contributed by atoms with Crippen LogP contribution in [0.5, 0.6) is 0 Å². The van der Waals surface area contributed by atoms with Gasteiger partial charge in [0.2, 0.25) is 10.0 Å². The maximum Gasteiger partial charge on any atom is 0.239 e. The largest absolute Gasteiger partial charge is 0.395 e. The number of hydrogen-bond acceptors (Lipinski definition) is 3. The summed E-state index contributed by atoms with van der Waals surface area (Å²) in [5.74, 6) is 0. The standard InChI is InChI=1S/C15H19NO3S/c1-2-9-16(10-11-17)20(18,19)15-8-7-13-5-3-4-6-14(13)12-15/h2-6,12,17H,1,7-11H2. The van der Waals surface area contributed by atoms with Gasteiger partial charge in [-0.05, 0) is 30.0 Å². The van der Waals surface area contributed by atoms with Crippen molar-refractivity contribution in [3.8, 4) is 0 Å². The molecular weight excluding hydrogens is 274 g/mol. The number of aliphatic hydroxyl groups is 1. The second-order valence-corrected chi connectivity index (χ2v) is 6.68. The van der Waals surface area contributed by atoms with Crippen LogP contribution in [0.25, 0.3) is 6.08 Å². The lowest BCUT2D eigenvalue weighted by Crippen LogP contribution is -2.35. The third-order valence-corrected chi connectivity index (χ3v) is 5.36. The van der Waals surface area contributed by atoms with Crippen molar-refractivity contribution in [3.05, 3.63) is 53.0 Å². The zero-order chi connectivity index (χ0) is 14.6. The molecule has 0 unspecified atom stereocenters. The Morgan fingerprint density at radius 3 is 2.75 bits per heavy atom. The Morgan fingerprint density at radius 1 is 1.30 bits per heavy atom. The molecule has 0 radical (unpaired) electrons. The average Bonchev–Trinajstić information content (AvgIpc) is 2.46. The number of benzene rings is 1. The molecule has 0 aromatic heterocycles. The minimum Gasteiger partial charge on any atom is -0.395 e. The highest BCUT2D eigenvalue weighted by Gasteiger charge is 2.27. The van der Waals surface area contributed by atoms with Gasteiger partial charge in [0.15, 0.2) is 0 Å². The molecule has 0 saturated carbocycles. The van der Waals surface area contributed by atoms with E-state index in [9.17, 15) is 8.42 Å². The SMILES string of the molecule is C=CCN(CCO)S(=O)(=O)C1=Cc2ccccc2CC1.